The number of rotatable bonds is 10. The Morgan fingerprint density at radius 1 is 1.03 bits per heavy atom. The molecule has 1 fully saturated rings. The van der Waals surface area contributed by atoms with Crippen LogP contribution in [0.2, 0.25) is 0 Å². The van der Waals surface area contributed by atoms with Crippen molar-refractivity contribution >= 4 is 17.8 Å². The molecule has 4 rings (SSSR count). The van der Waals surface area contributed by atoms with Crippen molar-refractivity contribution in [2.24, 2.45) is 5.92 Å². The monoisotopic (exact) mass is 535 g/mol. The van der Waals surface area contributed by atoms with E-state index in [0.717, 1.165) is 5.56 Å². The molecule has 39 heavy (non-hydrogen) atoms. The second-order valence-corrected chi connectivity index (χ2v) is 9.20. The molecule has 0 atom stereocenters. The van der Waals surface area contributed by atoms with E-state index >= 15 is 0 Å². The smallest absolute Gasteiger partial charge is 0.309 e. The number of esters is 1. The molecule has 0 saturated carbocycles. The van der Waals surface area contributed by atoms with E-state index in [1.54, 1.807) is 37.1 Å². The van der Waals surface area contributed by atoms with Gasteiger partial charge < -0.3 is 28.5 Å². The van der Waals surface area contributed by atoms with Crippen molar-refractivity contribution in [2.75, 3.05) is 40.5 Å². The van der Waals surface area contributed by atoms with Crippen LogP contribution in [-0.4, -0.2) is 73.2 Å². The maximum absolute atomic E-state index is 13.6. The predicted octanol–water partition coefficient (Wildman–Crippen LogP) is 3.80. The van der Waals surface area contributed by atoms with Crippen LogP contribution in [0.25, 0.3) is 11.3 Å². The quantitative estimate of drug-likeness (QED) is 0.361. The van der Waals surface area contributed by atoms with E-state index in [-0.39, 0.29) is 36.6 Å². The van der Waals surface area contributed by atoms with Crippen molar-refractivity contribution < 1.29 is 33.1 Å². The van der Waals surface area contributed by atoms with Gasteiger partial charge in [-0.15, -0.1) is 0 Å². The highest BCUT2D eigenvalue weighted by Crippen LogP contribution is 2.34. The van der Waals surface area contributed by atoms with Gasteiger partial charge in [0.15, 0.2) is 11.5 Å². The maximum atomic E-state index is 13.6. The zero-order valence-corrected chi connectivity index (χ0v) is 22.4. The fourth-order valence-corrected chi connectivity index (χ4v) is 4.56. The van der Waals surface area contributed by atoms with E-state index in [9.17, 15) is 14.4 Å². The third-order valence-electron chi connectivity index (χ3n) is 6.70. The summed E-state index contributed by atoms with van der Waals surface area (Å²) in [5.74, 6) is 0.399. The minimum absolute atomic E-state index is 0.0691. The average Bonchev–Trinajstić information content (AvgIpc) is 3.47. The summed E-state index contributed by atoms with van der Waals surface area (Å²) < 4.78 is 21.4. The van der Waals surface area contributed by atoms with E-state index in [4.69, 9.17) is 18.7 Å². The molecule has 2 amide bonds. The Bertz CT molecular complexity index is 1280. The first-order chi connectivity index (χ1) is 18.9. The molecular formula is C29H33N3O7. The Kier molecular flexibility index (Phi) is 9.19. The Morgan fingerprint density at radius 2 is 1.77 bits per heavy atom. The molecule has 0 spiro atoms. The lowest BCUT2D eigenvalue weighted by Crippen LogP contribution is -2.46. The minimum atomic E-state index is -0.439. The highest BCUT2D eigenvalue weighted by Gasteiger charge is 2.30. The molecule has 1 saturated heterocycles. The van der Waals surface area contributed by atoms with Gasteiger partial charge in [0.25, 0.3) is 5.91 Å². The number of carbonyl (C=O) groups excluding carboxylic acids is 3. The van der Waals surface area contributed by atoms with E-state index in [1.165, 1.54) is 18.1 Å². The summed E-state index contributed by atoms with van der Waals surface area (Å²) in [6, 6.07) is 16.2. The zero-order chi connectivity index (χ0) is 27.8. The third kappa shape index (κ3) is 6.76. The Labute approximate surface area is 227 Å². The maximum Gasteiger partial charge on any atom is 0.309 e. The number of amides is 2. The van der Waals surface area contributed by atoms with Gasteiger partial charge in [-0.25, -0.2) is 0 Å². The molecule has 2 aromatic carbocycles. The van der Waals surface area contributed by atoms with E-state index < -0.39 is 5.91 Å². The van der Waals surface area contributed by atoms with Crippen LogP contribution < -0.4 is 9.47 Å². The van der Waals surface area contributed by atoms with Gasteiger partial charge in [-0.05, 0) is 43.5 Å². The van der Waals surface area contributed by atoms with Crippen molar-refractivity contribution in [2.45, 2.75) is 26.3 Å². The normalized spacial score (nSPS) is 13.6. The Hall–Kier alpha value is -4.34. The van der Waals surface area contributed by atoms with Crippen LogP contribution in [0.3, 0.4) is 0 Å². The van der Waals surface area contributed by atoms with Crippen LogP contribution in [0.4, 0.5) is 0 Å². The van der Waals surface area contributed by atoms with Crippen LogP contribution in [0.1, 0.15) is 35.8 Å². The molecule has 10 heteroatoms. The summed E-state index contributed by atoms with van der Waals surface area (Å²) in [4.78, 5) is 42.1. The number of hydrogen-bond donors (Lipinski definition) is 0. The average molecular weight is 536 g/mol. The molecule has 0 bridgehead atoms. The fraction of sp³-hybridized carbons (Fsp3) is 0.379. The molecule has 10 nitrogen and oxygen atoms in total. The Morgan fingerprint density at radius 3 is 2.44 bits per heavy atom. The van der Waals surface area contributed by atoms with Crippen molar-refractivity contribution in [3.63, 3.8) is 0 Å². The summed E-state index contributed by atoms with van der Waals surface area (Å²) >= 11 is 0. The number of hydrogen-bond acceptors (Lipinski definition) is 8. The van der Waals surface area contributed by atoms with Crippen molar-refractivity contribution in [3.8, 4) is 22.8 Å². The number of benzene rings is 2. The molecule has 3 aromatic rings. The molecule has 2 heterocycles. The SMILES string of the molecule is CCOC(=O)C1CCN(C(=O)CN(Cc2ccccc2)C(=O)c2cc(-c3cc(OC)ccc3OC)on2)CC1. The number of ether oxygens (including phenoxy) is 3. The van der Waals surface area contributed by atoms with E-state index in [1.807, 2.05) is 30.3 Å². The summed E-state index contributed by atoms with van der Waals surface area (Å²) in [6.07, 6.45) is 1.07. The standard InChI is InChI=1S/C29H33N3O7/c1-4-38-29(35)21-12-14-31(15-13-21)27(33)19-32(18-20-8-6-5-7-9-20)28(34)24-17-26(39-30-24)23-16-22(36-2)10-11-25(23)37-3/h5-11,16-17,21H,4,12-15,18-19H2,1-3H3. The van der Waals surface area contributed by atoms with Gasteiger partial charge in [0.1, 0.15) is 18.0 Å². The second-order valence-electron chi connectivity index (χ2n) is 9.20. The topological polar surface area (TPSA) is 111 Å². The highest BCUT2D eigenvalue weighted by atomic mass is 16.5. The lowest BCUT2D eigenvalue weighted by molar-refractivity contribution is -0.151. The molecular weight excluding hydrogens is 502 g/mol. The van der Waals surface area contributed by atoms with Crippen LogP contribution in [0, 0.1) is 5.92 Å². The van der Waals surface area contributed by atoms with Gasteiger partial charge in [-0.2, -0.15) is 0 Å². The molecule has 0 aliphatic carbocycles. The summed E-state index contributed by atoms with van der Waals surface area (Å²) in [7, 11) is 3.09. The molecule has 1 aromatic heterocycles. The molecule has 0 N–H and O–H groups in total. The van der Waals surface area contributed by atoms with Gasteiger partial charge in [-0.1, -0.05) is 35.5 Å². The predicted molar refractivity (Wildman–Crippen MR) is 142 cm³/mol. The lowest BCUT2D eigenvalue weighted by atomic mass is 9.97. The molecule has 1 aliphatic rings. The number of methoxy groups -OCH3 is 2. The number of piperidine rings is 1. The van der Waals surface area contributed by atoms with Crippen molar-refractivity contribution in [3.05, 3.63) is 65.9 Å². The van der Waals surface area contributed by atoms with Gasteiger partial charge in [0.05, 0.1) is 32.3 Å². The number of nitrogens with zero attached hydrogens (tertiary/aromatic N) is 3. The van der Waals surface area contributed by atoms with Gasteiger partial charge in [-0.3, -0.25) is 14.4 Å². The van der Waals surface area contributed by atoms with E-state index in [2.05, 4.69) is 5.16 Å². The minimum Gasteiger partial charge on any atom is -0.497 e. The van der Waals surface area contributed by atoms with Gasteiger partial charge in [0, 0.05) is 25.7 Å². The van der Waals surface area contributed by atoms with Gasteiger partial charge in [0.2, 0.25) is 5.91 Å². The first kappa shape index (κ1) is 27.7. The summed E-state index contributed by atoms with van der Waals surface area (Å²) in [5, 5.41) is 4.01. The number of carbonyl (C=O) groups is 3. The Balaban J connectivity index is 1.51. The van der Waals surface area contributed by atoms with Crippen molar-refractivity contribution in [1.29, 1.82) is 0 Å². The summed E-state index contributed by atoms with van der Waals surface area (Å²) in [6.45, 7) is 3.06. The largest absolute Gasteiger partial charge is 0.497 e. The fourth-order valence-electron chi connectivity index (χ4n) is 4.56. The molecule has 0 unspecified atom stereocenters. The first-order valence-electron chi connectivity index (χ1n) is 12.9. The zero-order valence-electron chi connectivity index (χ0n) is 22.4. The van der Waals surface area contributed by atoms with Crippen molar-refractivity contribution in [1.82, 2.24) is 15.0 Å². The first-order valence-corrected chi connectivity index (χ1v) is 12.9. The van der Waals surface area contributed by atoms with Gasteiger partial charge >= 0.3 is 5.97 Å². The van der Waals surface area contributed by atoms with Crippen LogP contribution >= 0.6 is 0 Å². The number of likely N-dealkylation sites (tertiary alicyclic amines) is 1. The third-order valence-corrected chi connectivity index (χ3v) is 6.70. The molecule has 1 aliphatic heterocycles. The highest BCUT2D eigenvalue weighted by molar-refractivity contribution is 5.95. The lowest BCUT2D eigenvalue weighted by Gasteiger charge is -2.32. The van der Waals surface area contributed by atoms with Crippen LogP contribution in [0.15, 0.2) is 59.1 Å². The summed E-state index contributed by atoms with van der Waals surface area (Å²) in [5.41, 5.74) is 1.52. The number of aromatic nitrogens is 1. The molecule has 0 radical (unpaired) electrons. The van der Waals surface area contributed by atoms with Crippen LogP contribution in [-0.2, 0) is 20.9 Å². The van der Waals surface area contributed by atoms with Crippen LogP contribution in [0.5, 0.6) is 11.5 Å². The second kappa shape index (κ2) is 12.9. The van der Waals surface area contributed by atoms with E-state index in [0.29, 0.717) is 55.4 Å². The molecule has 206 valence electrons.